The first-order valence-corrected chi connectivity index (χ1v) is 4.58. The molecule has 2 aliphatic heterocycles. The first-order valence-electron chi connectivity index (χ1n) is 4.58. The quantitative estimate of drug-likeness (QED) is 0.541. The summed E-state index contributed by atoms with van der Waals surface area (Å²) in [5, 5.41) is 18.2. The molecule has 0 bridgehead atoms. The smallest absolute Gasteiger partial charge is 0.209 e. The van der Waals surface area contributed by atoms with Crippen molar-refractivity contribution in [2.24, 2.45) is 0 Å². The summed E-state index contributed by atoms with van der Waals surface area (Å²) in [6.45, 7) is 0.875. The number of aliphatic hydroxyl groups is 2. The molecule has 82 valence electrons. The average Bonchev–Trinajstić information content (AvgIpc) is 2.21. The second kappa shape index (κ2) is 4.52. The maximum Gasteiger partial charge on any atom is 0.209 e. The minimum absolute atomic E-state index is 0.219. The molecule has 6 heteroatoms. The monoisotopic (exact) mass is 206 g/mol. The lowest BCUT2D eigenvalue weighted by molar-refractivity contribution is -0.338. The summed E-state index contributed by atoms with van der Waals surface area (Å²) in [6, 6.07) is 0. The van der Waals surface area contributed by atoms with Gasteiger partial charge < -0.3 is 29.2 Å². The van der Waals surface area contributed by atoms with Crippen molar-refractivity contribution in [3.05, 3.63) is 0 Å². The van der Waals surface area contributed by atoms with E-state index >= 15 is 0 Å². The summed E-state index contributed by atoms with van der Waals surface area (Å²) in [7, 11) is 0. The third-order valence-electron chi connectivity index (χ3n) is 2.03. The highest BCUT2D eigenvalue weighted by molar-refractivity contribution is 4.67. The van der Waals surface area contributed by atoms with Crippen LogP contribution < -0.4 is 0 Å². The normalized spacial score (nSPS) is 45.0. The molecule has 0 aliphatic carbocycles. The highest BCUT2D eigenvalue weighted by Gasteiger charge is 2.33. The standard InChI is InChI=1S/C8H14O6/c9-5-1-11-7(12-2-5)8-13-3-6(10)4-14-8/h5-10H,1-4H2. The molecule has 0 aromatic carbocycles. The molecule has 6 nitrogen and oxygen atoms in total. The van der Waals surface area contributed by atoms with Crippen molar-refractivity contribution in [2.75, 3.05) is 26.4 Å². The maximum absolute atomic E-state index is 9.10. The van der Waals surface area contributed by atoms with E-state index < -0.39 is 24.8 Å². The van der Waals surface area contributed by atoms with Crippen LogP contribution >= 0.6 is 0 Å². The zero-order chi connectivity index (χ0) is 9.97. The van der Waals surface area contributed by atoms with Gasteiger partial charge in [0.05, 0.1) is 26.4 Å². The Labute approximate surface area is 81.3 Å². The Morgan fingerprint density at radius 2 is 0.929 bits per heavy atom. The average molecular weight is 206 g/mol. The third kappa shape index (κ3) is 2.41. The van der Waals surface area contributed by atoms with E-state index in [4.69, 9.17) is 29.2 Å². The molecule has 2 aliphatic rings. The number of rotatable bonds is 1. The van der Waals surface area contributed by atoms with Gasteiger partial charge in [-0.25, -0.2) is 0 Å². The van der Waals surface area contributed by atoms with Gasteiger partial charge in [0.1, 0.15) is 12.2 Å². The fourth-order valence-electron chi connectivity index (χ4n) is 1.33. The third-order valence-corrected chi connectivity index (χ3v) is 2.03. The Morgan fingerprint density at radius 1 is 0.643 bits per heavy atom. The minimum Gasteiger partial charge on any atom is -0.388 e. The molecule has 2 N–H and O–H groups in total. The molecule has 2 heterocycles. The van der Waals surface area contributed by atoms with E-state index in [1.54, 1.807) is 0 Å². The molecular formula is C8H14O6. The number of aliphatic hydroxyl groups excluding tert-OH is 2. The molecule has 0 radical (unpaired) electrons. The lowest BCUT2D eigenvalue weighted by Gasteiger charge is -2.35. The van der Waals surface area contributed by atoms with E-state index in [0.717, 1.165) is 0 Å². The van der Waals surface area contributed by atoms with E-state index in [1.807, 2.05) is 0 Å². The van der Waals surface area contributed by atoms with Crippen LogP contribution in [0.15, 0.2) is 0 Å². The first-order chi connectivity index (χ1) is 6.75. The van der Waals surface area contributed by atoms with Gasteiger partial charge in [0.15, 0.2) is 0 Å². The van der Waals surface area contributed by atoms with Crippen LogP contribution in [0.1, 0.15) is 0 Å². The lowest BCUT2D eigenvalue weighted by atomic mass is 10.3. The largest absolute Gasteiger partial charge is 0.388 e. The van der Waals surface area contributed by atoms with Gasteiger partial charge in [-0.15, -0.1) is 0 Å². The van der Waals surface area contributed by atoms with Gasteiger partial charge in [-0.3, -0.25) is 0 Å². The van der Waals surface area contributed by atoms with E-state index in [-0.39, 0.29) is 26.4 Å². The van der Waals surface area contributed by atoms with E-state index in [1.165, 1.54) is 0 Å². The Bertz CT molecular complexity index is 151. The molecule has 14 heavy (non-hydrogen) atoms. The van der Waals surface area contributed by atoms with Crippen LogP contribution in [0.4, 0.5) is 0 Å². The van der Waals surface area contributed by atoms with Crippen LogP contribution in [-0.2, 0) is 18.9 Å². The minimum atomic E-state index is -0.606. The van der Waals surface area contributed by atoms with E-state index in [2.05, 4.69) is 0 Å². The molecule has 2 rings (SSSR count). The molecule has 0 atom stereocenters. The topological polar surface area (TPSA) is 77.4 Å². The van der Waals surface area contributed by atoms with Gasteiger partial charge in [0.25, 0.3) is 0 Å². The van der Waals surface area contributed by atoms with Crippen LogP contribution in [0.3, 0.4) is 0 Å². The van der Waals surface area contributed by atoms with Gasteiger partial charge >= 0.3 is 0 Å². The van der Waals surface area contributed by atoms with Crippen LogP contribution in [-0.4, -0.2) is 61.4 Å². The predicted molar refractivity (Wildman–Crippen MR) is 43.4 cm³/mol. The summed E-state index contributed by atoms with van der Waals surface area (Å²) < 4.78 is 20.6. The van der Waals surface area contributed by atoms with Crippen LogP contribution in [0.5, 0.6) is 0 Å². The van der Waals surface area contributed by atoms with Crippen molar-refractivity contribution < 1.29 is 29.2 Å². The molecule has 2 saturated heterocycles. The van der Waals surface area contributed by atoms with Crippen molar-refractivity contribution in [3.63, 3.8) is 0 Å². The number of hydrogen-bond acceptors (Lipinski definition) is 6. The SMILES string of the molecule is OC1COC(C2OCC(O)CO2)OC1. The Kier molecular flexibility index (Phi) is 3.32. The molecular weight excluding hydrogens is 192 g/mol. The molecule has 0 spiro atoms. The first kappa shape index (κ1) is 10.3. The van der Waals surface area contributed by atoms with Crippen molar-refractivity contribution in [1.29, 1.82) is 0 Å². The summed E-state index contributed by atoms with van der Waals surface area (Å²) in [4.78, 5) is 0. The van der Waals surface area contributed by atoms with Gasteiger partial charge in [-0.05, 0) is 0 Å². The molecule has 0 unspecified atom stereocenters. The van der Waals surface area contributed by atoms with E-state index in [0.29, 0.717) is 0 Å². The van der Waals surface area contributed by atoms with Crippen molar-refractivity contribution in [3.8, 4) is 0 Å². The summed E-state index contributed by atoms with van der Waals surface area (Å²) in [5.74, 6) is 0. The Hall–Kier alpha value is -0.240. The molecule has 0 aromatic heterocycles. The highest BCUT2D eigenvalue weighted by atomic mass is 16.8. The van der Waals surface area contributed by atoms with Crippen LogP contribution in [0, 0.1) is 0 Å². The maximum atomic E-state index is 9.10. The fourth-order valence-corrected chi connectivity index (χ4v) is 1.33. The summed E-state index contributed by atoms with van der Waals surface area (Å²) in [5.41, 5.74) is 0. The highest BCUT2D eigenvalue weighted by Crippen LogP contribution is 2.16. The van der Waals surface area contributed by atoms with Crippen molar-refractivity contribution >= 4 is 0 Å². The molecule has 0 aromatic rings. The molecule has 0 amide bonds. The van der Waals surface area contributed by atoms with Gasteiger partial charge in [-0.1, -0.05) is 0 Å². The number of hydrogen-bond donors (Lipinski definition) is 2. The summed E-state index contributed by atoms with van der Waals surface area (Å²) >= 11 is 0. The van der Waals surface area contributed by atoms with E-state index in [9.17, 15) is 0 Å². The predicted octanol–water partition coefficient (Wildman–Crippen LogP) is -1.55. The fraction of sp³-hybridized carbons (Fsp3) is 1.00. The zero-order valence-electron chi connectivity index (χ0n) is 7.67. The summed E-state index contributed by atoms with van der Waals surface area (Å²) in [6.07, 6.45) is -2.38. The second-order valence-electron chi connectivity index (χ2n) is 3.38. The second-order valence-corrected chi connectivity index (χ2v) is 3.38. The van der Waals surface area contributed by atoms with Gasteiger partial charge in [0.2, 0.25) is 12.6 Å². The van der Waals surface area contributed by atoms with Crippen molar-refractivity contribution in [1.82, 2.24) is 0 Å². The van der Waals surface area contributed by atoms with Crippen LogP contribution in [0.2, 0.25) is 0 Å². The molecule has 0 saturated carbocycles. The van der Waals surface area contributed by atoms with Crippen molar-refractivity contribution in [2.45, 2.75) is 24.8 Å². The lowest BCUT2D eigenvalue weighted by Crippen LogP contribution is -2.48. The molecule has 2 fully saturated rings. The van der Waals surface area contributed by atoms with Crippen LogP contribution in [0.25, 0.3) is 0 Å². The Balaban J connectivity index is 1.78. The Morgan fingerprint density at radius 3 is 1.21 bits per heavy atom. The number of ether oxygens (including phenoxy) is 4. The van der Waals surface area contributed by atoms with Gasteiger partial charge in [0, 0.05) is 0 Å². The zero-order valence-corrected chi connectivity index (χ0v) is 7.67. The van der Waals surface area contributed by atoms with Gasteiger partial charge in [-0.2, -0.15) is 0 Å².